The van der Waals surface area contributed by atoms with Crippen LogP contribution < -0.4 is 10.1 Å². The predicted molar refractivity (Wildman–Crippen MR) is 98.0 cm³/mol. The van der Waals surface area contributed by atoms with Crippen molar-refractivity contribution in [3.8, 4) is 5.75 Å². The Morgan fingerprint density at radius 1 is 1.19 bits per heavy atom. The summed E-state index contributed by atoms with van der Waals surface area (Å²) in [6, 6.07) is 6.77. The lowest BCUT2D eigenvalue weighted by molar-refractivity contribution is -0.123. The van der Waals surface area contributed by atoms with Gasteiger partial charge in [-0.3, -0.25) is 9.69 Å². The highest BCUT2D eigenvalue weighted by atomic mass is 16.5. The second kappa shape index (κ2) is 9.87. The molecular formula is C19H30N2O5. The molecule has 0 aromatic heterocycles. The highest BCUT2D eigenvalue weighted by Gasteiger charge is 2.47. The summed E-state index contributed by atoms with van der Waals surface area (Å²) in [5.41, 5.74) is 1.16. The topological polar surface area (TPSA) is 102 Å². The molecule has 1 aromatic rings. The van der Waals surface area contributed by atoms with Crippen molar-refractivity contribution in [2.45, 2.75) is 50.5 Å². The Hall–Kier alpha value is -1.67. The van der Waals surface area contributed by atoms with E-state index in [-0.39, 0.29) is 18.9 Å². The minimum absolute atomic E-state index is 0.102. The zero-order chi connectivity index (χ0) is 19.1. The van der Waals surface area contributed by atoms with E-state index in [1.165, 1.54) is 0 Å². The van der Waals surface area contributed by atoms with E-state index in [0.29, 0.717) is 13.1 Å². The van der Waals surface area contributed by atoms with Crippen LogP contribution in [0.25, 0.3) is 0 Å². The molecule has 146 valence electrons. The van der Waals surface area contributed by atoms with Crippen molar-refractivity contribution < 1.29 is 24.9 Å². The van der Waals surface area contributed by atoms with E-state index >= 15 is 0 Å². The Bertz CT molecular complexity index is 566. The van der Waals surface area contributed by atoms with Gasteiger partial charge in [-0.05, 0) is 44.0 Å². The second-order valence-electron chi connectivity index (χ2n) is 6.65. The lowest BCUT2D eigenvalue weighted by atomic mass is 10.1. The number of carbonyl (C=O) groups excluding carboxylic acids is 1. The number of aryl methyl sites for hydroxylation is 1. The molecule has 0 unspecified atom stereocenters. The van der Waals surface area contributed by atoms with Crippen molar-refractivity contribution in [2.75, 3.05) is 26.8 Å². The standard InChI is InChI=1S/C19H30N2O5/c1-3-20-17(23)11-15-18(24)19(25)16(12-22)21(15)10-4-5-13-6-8-14(26-2)9-7-13/h6-9,15-16,18-19,22,24-25H,3-5,10-12H2,1-2H3,(H,20,23)/t15-,16-,18-,19-/m1/s1. The molecule has 1 amide bonds. The number of likely N-dealkylation sites (tertiary alicyclic amines) is 1. The number of carbonyl (C=O) groups is 1. The molecule has 1 aliphatic rings. The number of benzene rings is 1. The Morgan fingerprint density at radius 2 is 1.85 bits per heavy atom. The van der Waals surface area contributed by atoms with E-state index in [9.17, 15) is 20.1 Å². The number of methoxy groups -OCH3 is 1. The molecule has 0 radical (unpaired) electrons. The number of aliphatic hydroxyl groups is 3. The molecule has 0 aliphatic carbocycles. The molecule has 7 heteroatoms. The maximum Gasteiger partial charge on any atom is 0.221 e. The van der Waals surface area contributed by atoms with Crippen LogP contribution in [-0.4, -0.2) is 77.2 Å². The van der Waals surface area contributed by atoms with E-state index in [1.807, 2.05) is 36.1 Å². The summed E-state index contributed by atoms with van der Waals surface area (Å²) < 4.78 is 5.15. The van der Waals surface area contributed by atoms with Crippen LogP contribution in [0.1, 0.15) is 25.3 Å². The zero-order valence-electron chi connectivity index (χ0n) is 15.5. The minimum atomic E-state index is -1.06. The van der Waals surface area contributed by atoms with Crippen molar-refractivity contribution in [1.29, 1.82) is 0 Å². The summed E-state index contributed by atoms with van der Waals surface area (Å²) in [5, 5.41) is 32.9. The first kappa shape index (κ1) is 20.6. The number of nitrogens with zero attached hydrogens (tertiary/aromatic N) is 1. The average molecular weight is 366 g/mol. The van der Waals surface area contributed by atoms with Gasteiger partial charge in [0, 0.05) is 19.0 Å². The summed E-state index contributed by atoms with van der Waals surface area (Å²) in [6.45, 7) is 2.67. The van der Waals surface area contributed by atoms with Gasteiger partial charge in [-0.2, -0.15) is 0 Å². The summed E-state index contributed by atoms with van der Waals surface area (Å²) in [4.78, 5) is 13.8. The first-order valence-electron chi connectivity index (χ1n) is 9.14. The van der Waals surface area contributed by atoms with Crippen LogP contribution in [0.5, 0.6) is 5.75 Å². The van der Waals surface area contributed by atoms with E-state index in [0.717, 1.165) is 24.2 Å². The minimum Gasteiger partial charge on any atom is -0.497 e. The molecule has 1 aromatic carbocycles. The smallest absolute Gasteiger partial charge is 0.221 e. The van der Waals surface area contributed by atoms with Gasteiger partial charge in [0.2, 0.25) is 5.91 Å². The van der Waals surface area contributed by atoms with Gasteiger partial charge in [0.1, 0.15) is 5.75 Å². The SMILES string of the molecule is CCNC(=O)C[C@@H]1[C@@H](O)[C@H](O)[C@@H](CO)N1CCCc1ccc(OC)cc1. The van der Waals surface area contributed by atoms with Gasteiger partial charge in [0.05, 0.1) is 32.0 Å². The molecule has 0 spiro atoms. The molecule has 2 rings (SSSR count). The quantitative estimate of drug-likeness (QED) is 0.488. The van der Waals surface area contributed by atoms with Crippen molar-refractivity contribution >= 4 is 5.91 Å². The molecule has 0 saturated carbocycles. The summed E-state index contributed by atoms with van der Waals surface area (Å²) in [7, 11) is 1.63. The molecule has 1 saturated heterocycles. The number of ether oxygens (including phenoxy) is 1. The molecule has 4 atom stereocenters. The number of rotatable bonds is 9. The lowest BCUT2D eigenvalue weighted by Gasteiger charge is -2.29. The fraction of sp³-hybridized carbons (Fsp3) is 0.632. The summed E-state index contributed by atoms with van der Waals surface area (Å²) in [6.07, 6.45) is -0.394. The van der Waals surface area contributed by atoms with Gasteiger partial charge in [-0.25, -0.2) is 0 Å². The van der Waals surface area contributed by atoms with Crippen LogP contribution in [0, 0.1) is 0 Å². The fourth-order valence-electron chi connectivity index (χ4n) is 3.59. The Labute approximate surface area is 154 Å². The predicted octanol–water partition coefficient (Wildman–Crippen LogP) is -0.0791. The van der Waals surface area contributed by atoms with Crippen LogP contribution in [0.3, 0.4) is 0 Å². The number of nitrogens with one attached hydrogen (secondary N) is 1. The molecular weight excluding hydrogens is 336 g/mol. The largest absolute Gasteiger partial charge is 0.497 e. The third kappa shape index (κ3) is 4.94. The van der Waals surface area contributed by atoms with Crippen LogP contribution in [0.15, 0.2) is 24.3 Å². The average Bonchev–Trinajstić information content (AvgIpc) is 2.86. The molecule has 1 fully saturated rings. The molecule has 7 nitrogen and oxygen atoms in total. The molecule has 0 bridgehead atoms. The maximum absolute atomic E-state index is 11.9. The Morgan fingerprint density at radius 3 is 2.42 bits per heavy atom. The highest BCUT2D eigenvalue weighted by molar-refractivity contribution is 5.76. The van der Waals surface area contributed by atoms with E-state index < -0.39 is 24.3 Å². The number of hydrogen-bond donors (Lipinski definition) is 4. The Balaban J connectivity index is 1.98. The van der Waals surface area contributed by atoms with Crippen LogP contribution in [0.4, 0.5) is 0 Å². The van der Waals surface area contributed by atoms with E-state index in [2.05, 4.69) is 5.32 Å². The van der Waals surface area contributed by atoms with Gasteiger partial charge < -0.3 is 25.4 Å². The number of amides is 1. The lowest BCUT2D eigenvalue weighted by Crippen LogP contribution is -2.44. The van der Waals surface area contributed by atoms with Crippen molar-refractivity contribution in [1.82, 2.24) is 10.2 Å². The van der Waals surface area contributed by atoms with E-state index in [4.69, 9.17) is 4.74 Å². The first-order chi connectivity index (χ1) is 12.5. The Kier molecular flexibility index (Phi) is 7.84. The zero-order valence-corrected chi connectivity index (χ0v) is 15.5. The molecule has 1 aliphatic heterocycles. The third-order valence-electron chi connectivity index (χ3n) is 4.99. The monoisotopic (exact) mass is 366 g/mol. The van der Waals surface area contributed by atoms with Gasteiger partial charge in [0.15, 0.2) is 0 Å². The van der Waals surface area contributed by atoms with Crippen LogP contribution in [0.2, 0.25) is 0 Å². The van der Waals surface area contributed by atoms with Gasteiger partial charge >= 0.3 is 0 Å². The fourth-order valence-corrected chi connectivity index (χ4v) is 3.59. The summed E-state index contributed by atoms with van der Waals surface area (Å²) >= 11 is 0. The highest BCUT2D eigenvalue weighted by Crippen LogP contribution is 2.28. The van der Waals surface area contributed by atoms with E-state index in [1.54, 1.807) is 7.11 Å². The maximum atomic E-state index is 11.9. The second-order valence-corrected chi connectivity index (χ2v) is 6.65. The van der Waals surface area contributed by atoms with Crippen molar-refractivity contribution in [3.05, 3.63) is 29.8 Å². The molecule has 26 heavy (non-hydrogen) atoms. The number of hydrogen-bond acceptors (Lipinski definition) is 6. The number of aliphatic hydroxyl groups excluding tert-OH is 3. The third-order valence-corrected chi connectivity index (χ3v) is 4.99. The molecule has 4 N–H and O–H groups in total. The van der Waals surface area contributed by atoms with Gasteiger partial charge in [0.25, 0.3) is 0 Å². The van der Waals surface area contributed by atoms with Crippen LogP contribution in [-0.2, 0) is 11.2 Å². The summed E-state index contributed by atoms with van der Waals surface area (Å²) in [5.74, 6) is 0.643. The van der Waals surface area contributed by atoms with Gasteiger partial charge in [-0.1, -0.05) is 12.1 Å². The van der Waals surface area contributed by atoms with Gasteiger partial charge in [-0.15, -0.1) is 0 Å². The van der Waals surface area contributed by atoms with Crippen LogP contribution >= 0.6 is 0 Å². The van der Waals surface area contributed by atoms with Crippen molar-refractivity contribution in [2.24, 2.45) is 0 Å². The molecule has 1 heterocycles. The van der Waals surface area contributed by atoms with Crippen molar-refractivity contribution in [3.63, 3.8) is 0 Å². The normalized spacial score (nSPS) is 26.0. The first-order valence-corrected chi connectivity index (χ1v) is 9.14.